The first-order valence-corrected chi connectivity index (χ1v) is 12.2. The Morgan fingerprint density at radius 3 is 2.89 bits per heavy atom. The summed E-state index contributed by atoms with van der Waals surface area (Å²) in [6, 6.07) is 11.4. The van der Waals surface area contributed by atoms with E-state index in [1.54, 1.807) is 12.3 Å². The summed E-state index contributed by atoms with van der Waals surface area (Å²) in [4.78, 5) is 23.4. The van der Waals surface area contributed by atoms with Crippen LogP contribution in [0.2, 0.25) is 0 Å². The molecular weight excluding hydrogens is 477 g/mol. The molecule has 1 aliphatic heterocycles. The fourth-order valence-corrected chi connectivity index (χ4v) is 4.11. The van der Waals surface area contributed by atoms with Gasteiger partial charge in [-0.05, 0) is 36.8 Å². The van der Waals surface area contributed by atoms with Crippen molar-refractivity contribution in [3.05, 3.63) is 60.8 Å². The van der Waals surface area contributed by atoms with Crippen molar-refractivity contribution in [2.45, 2.75) is 13.0 Å². The zero-order valence-electron chi connectivity index (χ0n) is 20.2. The molecule has 0 radical (unpaired) electrons. The summed E-state index contributed by atoms with van der Waals surface area (Å²) in [7, 11) is 0. The third kappa shape index (κ3) is 6.74. The first-order valence-electron chi connectivity index (χ1n) is 12.2. The van der Waals surface area contributed by atoms with Crippen LogP contribution in [-0.2, 0) is 11.3 Å². The molecule has 1 amide bonds. The van der Waals surface area contributed by atoms with Crippen LogP contribution in [0.25, 0.3) is 10.9 Å². The maximum absolute atomic E-state index is 13.3. The van der Waals surface area contributed by atoms with Crippen molar-refractivity contribution in [1.29, 1.82) is 0 Å². The Bertz CT molecular complexity index is 1360. The quantitative estimate of drug-likeness (QED) is 0.279. The van der Waals surface area contributed by atoms with E-state index in [9.17, 15) is 9.18 Å². The van der Waals surface area contributed by atoms with Crippen molar-refractivity contribution >= 4 is 34.1 Å². The Balaban J connectivity index is 1.16. The van der Waals surface area contributed by atoms with Crippen LogP contribution in [0.5, 0.6) is 5.75 Å². The summed E-state index contributed by atoms with van der Waals surface area (Å²) in [6.07, 6.45) is 4.02. The molecule has 3 heterocycles. The molecule has 0 atom stereocenters. The van der Waals surface area contributed by atoms with Gasteiger partial charge >= 0.3 is 0 Å². The summed E-state index contributed by atoms with van der Waals surface area (Å²) in [5, 5.41) is 18.0. The smallest absolute Gasteiger partial charge is 0.246 e. The molecule has 4 aromatic rings. The molecule has 192 valence electrons. The Kier molecular flexibility index (Phi) is 7.77. The highest BCUT2D eigenvalue weighted by atomic mass is 19.1. The van der Waals surface area contributed by atoms with Crippen molar-refractivity contribution in [3.63, 3.8) is 0 Å². The van der Waals surface area contributed by atoms with Gasteiger partial charge < -0.3 is 25.6 Å². The summed E-state index contributed by atoms with van der Waals surface area (Å²) >= 11 is 0. The fraction of sp³-hybridized carbons (Fsp3) is 0.320. The van der Waals surface area contributed by atoms with Crippen LogP contribution in [0.4, 0.5) is 21.7 Å². The molecule has 0 bridgehead atoms. The number of fused-ring (bicyclic) bond motifs is 1. The number of piperazine rings is 1. The van der Waals surface area contributed by atoms with E-state index in [0.29, 0.717) is 23.9 Å². The topological polar surface area (TPSA) is 122 Å². The predicted octanol–water partition coefficient (Wildman–Crippen LogP) is 2.42. The molecule has 2 aromatic heterocycles. The van der Waals surface area contributed by atoms with Crippen molar-refractivity contribution in [1.82, 2.24) is 35.2 Å². The van der Waals surface area contributed by atoms with E-state index in [1.807, 2.05) is 18.2 Å². The Labute approximate surface area is 213 Å². The lowest BCUT2D eigenvalue weighted by Crippen LogP contribution is -2.43. The van der Waals surface area contributed by atoms with Crippen LogP contribution in [0, 0.1) is 5.82 Å². The molecule has 5 rings (SSSR count). The van der Waals surface area contributed by atoms with E-state index in [-0.39, 0.29) is 12.5 Å². The van der Waals surface area contributed by atoms with Gasteiger partial charge in [0.2, 0.25) is 5.91 Å². The van der Waals surface area contributed by atoms with E-state index in [1.165, 1.54) is 29.2 Å². The minimum atomic E-state index is -0.424. The molecule has 1 fully saturated rings. The summed E-state index contributed by atoms with van der Waals surface area (Å²) in [5.41, 5.74) is 1.11. The summed E-state index contributed by atoms with van der Waals surface area (Å²) in [5.74, 6) is 0.965. The number of ether oxygens (including phenoxy) is 1. The van der Waals surface area contributed by atoms with Crippen molar-refractivity contribution < 1.29 is 13.9 Å². The van der Waals surface area contributed by atoms with E-state index in [4.69, 9.17) is 4.74 Å². The molecule has 0 spiro atoms. The van der Waals surface area contributed by atoms with E-state index < -0.39 is 5.82 Å². The highest BCUT2D eigenvalue weighted by Crippen LogP contribution is 2.25. The molecule has 0 saturated carbocycles. The van der Waals surface area contributed by atoms with Gasteiger partial charge in [-0.1, -0.05) is 11.3 Å². The maximum atomic E-state index is 13.3. The minimum Gasteiger partial charge on any atom is -0.493 e. The average molecular weight is 506 g/mol. The summed E-state index contributed by atoms with van der Waals surface area (Å²) in [6.45, 7) is 5.84. The average Bonchev–Trinajstić information content (AvgIpc) is 3.33. The van der Waals surface area contributed by atoms with Gasteiger partial charge in [0.15, 0.2) is 5.82 Å². The largest absolute Gasteiger partial charge is 0.493 e. The van der Waals surface area contributed by atoms with E-state index in [0.717, 1.165) is 55.8 Å². The number of benzene rings is 2. The van der Waals surface area contributed by atoms with Crippen LogP contribution in [0.1, 0.15) is 6.42 Å². The Hall–Kier alpha value is -4.16. The van der Waals surface area contributed by atoms with Gasteiger partial charge in [0.05, 0.1) is 18.3 Å². The second kappa shape index (κ2) is 11.7. The zero-order valence-corrected chi connectivity index (χ0v) is 20.2. The number of hydrogen-bond donors (Lipinski definition) is 3. The SMILES string of the molecule is O=C(Cn1cc(Nc2ncnc3cc(OCCCN4CCNCC4)ccc23)nn1)Nc1cccc(F)c1. The predicted molar refractivity (Wildman–Crippen MR) is 137 cm³/mol. The van der Waals surface area contributed by atoms with Crippen LogP contribution in [0.3, 0.4) is 0 Å². The van der Waals surface area contributed by atoms with Gasteiger partial charge in [-0.3, -0.25) is 4.79 Å². The second-order valence-electron chi connectivity index (χ2n) is 8.68. The number of rotatable bonds is 10. The Morgan fingerprint density at radius 1 is 1.14 bits per heavy atom. The highest BCUT2D eigenvalue weighted by molar-refractivity contribution is 5.91. The lowest BCUT2D eigenvalue weighted by Gasteiger charge is -2.26. The standard InChI is InChI=1S/C25H28FN9O2/c26-18-3-1-4-19(13-18)30-24(36)16-35-15-23(32-33-35)31-25-21-6-5-20(14-22(21)28-17-29-25)37-12-2-9-34-10-7-27-8-11-34/h1,3-6,13-15,17,27H,2,7-12,16H2,(H,30,36)(H,28,29,31). The maximum Gasteiger partial charge on any atom is 0.246 e. The van der Waals surface area contributed by atoms with Gasteiger partial charge in [-0.2, -0.15) is 0 Å². The molecule has 1 aliphatic rings. The molecule has 1 saturated heterocycles. The van der Waals surface area contributed by atoms with Crippen LogP contribution >= 0.6 is 0 Å². The molecular formula is C25H28FN9O2. The number of carbonyl (C=O) groups excluding carboxylic acids is 1. The number of nitrogens with zero attached hydrogens (tertiary/aromatic N) is 6. The molecule has 12 heteroatoms. The number of amides is 1. The highest BCUT2D eigenvalue weighted by Gasteiger charge is 2.11. The molecule has 2 aromatic carbocycles. The number of carbonyl (C=O) groups is 1. The molecule has 37 heavy (non-hydrogen) atoms. The molecule has 0 aliphatic carbocycles. The van der Waals surface area contributed by atoms with E-state index in [2.05, 4.69) is 41.1 Å². The monoisotopic (exact) mass is 505 g/mol. The van der Waals surface area contributed by atoms with E-state index >= 15 is 0 Å². The zero-order chi connectivity index (χ0) is 25.5. The third-order valence-corrected chi connectivity index (χ3v) is 5.90. The van der Waals surface area contributed by atoms with Crippen molar-refractivity contribution in [3.8, 4) is 5.75 Å². The van der Waals surface area contributed by atoms with Gasteiger partial charge in [0, 0.05) is 49.9 Å². The van der Waals surface area contributed by atoms with Gasteiger partial charge in [-0.15, -0.1) is 5.10 Å². The normalized spacial score (nSPS) is 14.0. The Morgan fingerprint density at radius 2 is 2.03 bits per heavy atom. The lowest BCUT2D eigenvalue weighted by atomic mass is 10.2. The molecule has 11 nitrogen and oxygen atoms in total. The number of anilines is 3. The molecule has 3 N–H and O–H groups in total. The second-order valence-corrected chi connectivity index (χ2v) is 8.68. The van der Waals surface area contributed by atoms with Crippen LogP contribution < -0.4 is 20.7 Å². The number of nitrogens with one attached hydrogen (secondary N) is 3. The van der Waals surface area contributed by atoms with Crippen LogP contribution in [0.15, 0.2) is 55.0 Å². The third-order valence-electron chi connectivity index (χ3n) is 5.90. The number of aromatic nitrogens is 5. The number of halogens is 1. The lowest BCUT2D eigenvalue weighted by molar-refractivity contribution is -0.116. The van der Waals surface area contributed by atoms with Crippen LogP contribution in [-0.4, -0.2) is 75.1 Å². The molecule has 0 unspecified atom stereocenters. The fourth-order valence-electron chi connectivity index (χ4n) is 4.11. The first-order chi connectivity index (χ1) is 18.1. The number of hydrogen-bond acceptors (Lipinski definition) is 9. The minimum absolute atomic E-state index is 0.0783. The first kappa shape index (κ1) is 24.5. The van der Waals surface area contributed by atoms with Gasteiger partial charge in [-0.25, -0.2) is 19.0 Å². The van der Waals surface area contributed by atoms with Crippen molar-refractivity contribution in [2.75, 3.05) is 50.0 Å². The summed E-state index contributed by atoms with van der Waals surface area (Å²) < 4.78 is 20.6. The van der Waals surface area contributed by atoms with Gasteiger partial charge in [0.25, 0.3) is 0 Å². The van der Waals surface area contributed by atoms with Crippen molar-refractivity contribution in [2.24, 2.45) is 0 Å². The van der Waals surface area contributed by atoms with Gasteiger partial charge in [0.1, 0.15) is 30.3 Å².